The van der Waals surface area contributed by atoms with E-state index in [1.54, 1.807) is 48.8 Å². The largest absolute Gasteiger partial charge is 0.489 e. The van der Waals surface area contributed by atoms with Crippen LogP contribution in [0.2, 0.25) is 0 Å². The third-order valence-corrected chi connectivity index (χ3v) is 4.86. The summed E-state index contributed by atoms with van der Waals surface area (Å²) in [4.78, 5) is 4.36. The number of para-hydroxylation sites is 2. The van der Waals surface area contributed by atoms with Crippen molar-refractivity contribution in [1.82, 2.24) is 9.55 Å². The zero-order valence-electron chi connectivity index (χ0n) is 13.7. The molecule has 0 aliphatic heterocycles. The van der Waals surface area contributed by atoms with Gasteiger partial charge < -0.3 is 9.30 Å². The van der Waals surface area contributed by atoms with Gasteiger partial charge in [-0.3, -0.25) is 4.72 Å². The summed E-state index contributed by atoms with van der Waals surface area (Å²) in [5, 5.41) is 0. The lowest BCUT2D eigenvalue weighted by molar-refractivity contribution is 0.244. The Kier molecular flexibility index (Phi) is 4.19. The molecule has 0 fully saturated rings. The van der Waals surface area contributed by atoms with Crippen molar-refractivity contribution in [3.8, 4) is 5.75 Å². The molecule has 6 nitrogen and oxygen atoms in total. The fourth-order valence-corrected chi connectivity index (χ4v) is 3.48. The predicted octanol–water partition coefficient (Wildman–Crippen LogP) is 3.16. The van der Waals surface area contributed by atoms with Crippen molar-refractivity contribution in [3.05, 3.63) is 48.8 Å². The number of fused-ring (bicyclic) bond motifs is 1. The molecule has 0 amide bonds. The number of nitrogens with one attached hydrogen (secondary N) is 1. The van der Waals surface area contributed by atoms with Crippen molar-refractivity contribution < 1.29 is 13.2 Å². The van der Waals surface area contributed by atoms with E-state index in [9.17, 15) is 8.42 Å². The molecule has 24 heavy (non-hydrogen) atoms. The second-order valence-electron chi connectivity index (χ2n) is 5.77. The summed E-state index contributed by atoms with van der Waals surface area (Å²) < 4.78 is 35.5. The van der Waals surface area contributed by atoms with E-state index < -0.39 is 10.0 Å². The molecule has 0 saturated heterocycles. The number of nitrogens with zero attached hydrogens (tertiary/aromatic N) is 2. The number of aryl methyl sites for hydroxylation is 1. The number of sulfonamides is 1. The van der Waals surface area contributed by atoms with Gasteiger partial charge in [-0.05, 0) is 44.2 Å². The van der Waals surface area contributed by atoms with Crippen LogP contribution in [0.1, 0.15) is 13.8 Å². The molecule has 2 aromatic carbocycles. The van der Waals surface area contributed by atoms with E-state index in [2.05, 4.69) is 9.71 Å². The van der Waals surface area contributed by atoms with E-state index in [4.69, 9.17) is 4.74 Å². The summed E-state index contributed by atoms with van der Waals surface area (Å²) in [6.45, 7) is 3.78. The van der Waals surface area contributed by atoms with Crippen LogP contribution in [0, 0.1) is 0 Å². The number of imidazole rings is 1. The zero-order valence-corrected chi connectivity index (χ0v) is 14.5. The minimum Gasteiger partial charge on any atom is -0.489 e. The molecule has 0 spiro atoms. The molecule has 0 bridgehead atoms. The third kappa shape index (κ3) is 3.21. The normalized spacial score (nSPS) is 11.8. The van der Waals surface area contributed by atoms with Crippen LogP contribution < -0.4 is 9.46 Å². The highest BCUT2D eigenvalue weighted by molar-refractivity contribution is 7.92. The smallest absolute Gasteiger partial charge is 0.262 e. The van der Waals surface area contributed by atoms with Crippen LogP contribution in [0.15, 0.2) is 53.7 Å². The second kappa shape index (κ2) is 6.16. The van der Waals surface area contributed by atoms with E-state index in [-0.39, 0.29) is 11.0 Å². The van der Waals surface area contributed by atoms with E-state index in [0.29, 0.717) is 17.0 Å². The maximum absolute atomic E-state index is 12.7. The van der Waals surface area contributed by atoms with Crippen LogP contribution >= 0.6 is 0 Å². The number of benzene rings is 2. The molecule has 0 aliphatic carbocycles. The number of hydrogen-bond donors (Lipinski definition) is 1. The summed E-state index contributed by atoms with van der Waals surface area (Å²) in [5.74, 6) is 0.495. The molecule has 3 rings (SSSR count). The molecule has 1 aromatic heterocycles. The van der Waals surface area contributed by atoms with Crippen LogP contribution in [-0.2, 0) is 17.1 Å². The minimum atomic E-state index is -3.73. The van der Waals surface area contributed by atoms with E-state index in [0.717, 1.165) is 5.52 Å². The fraction of sp³-hybridized carbons (Fsp3) is 0.235. The third-order valence-electron chi connectivity index (χ3n) is 3.50. The molecular formula is C17H19N3O3S. The number of rotatable bonds is 5. The molecule has 126 valence electrons. The maximum atomic E-state index is 12.7. The molecule has 0 unspecified atom stereocenters. The van der Waals surface area contributed by atoms with E-state index in [1.165, 1.54) is 0 Å². The molecule has 0 radical (unpaired) electrons. The van der Waals surface area contributed by atoms with Crippen molar-refractivity contribution in [2.75, 3.05) is 4.72 Å². The highest BCUT2D eigenvalue weighted by Crippen LogP contribution is 2.28. The van der Waals surface area contributed by atoms with Crippen molar-refractivity contribution in [2.45, 2.75) is 24.8 Å². The zero-order chi connectivity index (χ0) is 17.3. The minimum absolute atomic E-state index is 0.0551. The quantitative estimate of drug-likeness (QED) is 0.771. The van der Waals surface area contributed by atoms with Gasteiger partial charge in [0, 0.05) is 7.05 Å². The lowest BCUT2D eigenvalue weighted by Gasteiger charge is -2.15. The van der Waals surface area contributed by atoms with Gasteiger partial charge in [-0.25, -0.2) is 13.4 Å². The lowest BCUT2D eigenvalue weighted by Crippen LogP contribution is -2.15. The highest BCUT2D eigenvalue weighted by Gasteiger charge is 2.18. The van der Waals surface area contributed by atoms with Crippen LogP contribution in [0.4, 0.5) is 5.69 Å². The average molecular weight is 345 g/mol. The van der Waals surface area contributed by atoms with Crippen molar-refractivity contribution in [2.24, 2.45) is 7.05 Å². The van der Waals surface area contributed by atoms with Gasteiger partial charge in [0.05, 0.1) is 34.0 Å². The van der Waals surface area contributed by atoms with E-state index in [1.807, 2.05) is 25.5 Å². The first-order valence-corrected chi connectivity index (χ1v) is 9.05. The van der Waals surface area contributed by atoms with Gasteiger partial charge in [-0.15, -0.1) is 0 Å². The number of ether oxygens (including phenoxy) is 1. The SMILES string of the molecule is CC(C)Oc1ccccc1NS(=O)(=O)c1ccc2c(c1)ncn2C. The molecule has 3 aromatic rings. The van der Waals surface area contributed by atoms with Gasteiger partial charge in [-0.2, -0.15) is 0 Å². The van der Waals surface area contributed by atoms with Crippen molar-refractivity contribution >= 4 is 26.7 Å². The summed E-state index contributed by atoms with van der Waals surface area (Å²) in [7, 11) is -1.87. The molecule has 0 saturated carbocycles. The average Bonchev–Trinajstić information content (AvgIpc) is 2.89. The summed E-state index contributed by atoms with van der Waals surface area (Å²) in [5.41, 5.74) is 1.91. The van der Waals surface area contributed by atoms with Gasteiger partial charge >= 0.3 is 0 Å². The molecule has 7 heteroatoms. The Hall–Kier alpha value is -2.54. The van der Waals surface area contributed by atoms with Crippen LogP contribution in [-0.4, -0.2) is 24.1 Å². The van der Waals surface area contributed by atoms with E-state index >= 15 is 0 Å². The highest BCUT2D eigenvalue weighted by atomic mass is 32.2. The molecule has 1 heterocycles. The van der Waals surface area contributed by atoms with Gasteiger partial charge in [0.15, 0.2) is 0 Å². The molecular weight excluding hydrogens is 326 g/mol. The van der Waals surface area contributed by atoms with Gasteiger partial charge in [0.1, 0.15) is 5.75 Å². The topological polar surface area (TPSA) is 73.2 Å². The Morgan fingerprint density at radius 2 is 1.92 bits per heavy atom. The first-order chi connectivity index (χ1) is 11.4. The Labute approximate surface area is 141 Å². The number of aromatic nitrogens is 2. The van der Waals surface area contributed by atoms with Crippen LogP contribution in [0.3, 0.4) is 0 Å². The fourth-order valence-electron chi connectivity index (χ4n) is 2.39. The first-order valence-electron chi connectivity index (χ1n) is 7.56. The first kappa shape index (κ1) is 16.3. The molecule has 0 atom stereocenters. The molecule has 0 aliphatic rings. The van der Waals surface area contributed by atoms with Crippen molar-refractivity contribution in [1.29, 1.82) is 0 Å². The van der Waals surface area contributed by atoms with Crippen LogP contribution in [0.5, 0.6) is 5.75 Å². The second-order valence-corrected chi connectivity index (χ2v) is 7.46. The Morgan fingerprint density at radius 1 is 1.17 bits per heavy atom. The van der Waals surface area contributed by atoms with Gasteiger partial charge in [0.2, 0.25) is 0 Å². The number of anilines is 1. The predicted molar refractivity (Wildman–Crippen MR) is 93.7 cm³/mol. The molecule has 1 N–H and O–H groups in total. The standard InChI is InChI=1S/C17H19N3O3S/c1-12(2)23-17-7-5-4-6-14(17)19-24(21,22)13-8-9-16-15(10-13)18-11-20(16)3/h4-12,19H,1-3H3. The Bertz CT molecular complexity index is 978. The Morgan fingerprint density at radius 3 is 2.67 bits per heavy atom. The summed E-state index contributed by atoms with van der Waals surface area (Å²) >= 11 is 0. The Balaban J connectivity index is 1.96. The van der Waals surface area contributed by atoms with Crippen molar-refractivity contribution in [3.63, 3.8) is 0 Å². The monoisotopic (exact) mass is 345 g/mol. The van der Waals surface area contributed by atoms with Gasteiger partial charge in [0.25, 0.3) is 10.0 Å². The summed E-state index contributed by atoms with van der Waals surface area (Å²) in [6, 6.07) is 11.8. The maximum Gasteiger partial charge on any atom is 0.262 e. The number of hydrogen-bond acceptors (Lipinski definition) is 4. The summed E-state index contributed by atoms with van der Waals surface area (Å²) in [6.07, 6.45) is 1.60. The lowest BCUT2D eigenvalue weighted by atomic mass is 10.3. The van der Waals surface area contributed by atoms with Crippen LogP contribution in [0.25, 0.3) is 11.0 Å². The van der Waals surface area contributed by atoms with Gasteiger partial charge in [-0.1, -0.05) is 12.1 Å².